The number of carbonyl (C=O) groups excluding carboxylic acids is 2. The van der Waals surface area contributed by atoms with Crippen molar-refractivity contribution in [2.45, 2.75) is 19.8 Å². The van der Waals surface area contributed by atoms with E-state index in [4.69, 9.17) is 4.74 Å². The molecular formula is C17H33N5O5S. The zero-order valence-electron chi connectivity index (χ0n) is 17.1. The molecule has 2 amide bonds. The first-order valence-corrected chi connectivity index (χ1v) is 11.2. The molecule has 0 aliphatic carbocycles. The molecule has 0 aromatic heterocycles. The third kappa shape index (κ3) is 6.03. The Morgan fingerprint density at radius 3 is 2.39 bits per heavy atom. The minimum atomic E-state index is -3.65. The summed E-state index contributed by atoms with van der Waals surface area (Å²) in [5.41, 5.74) is 0. The highest BCUT2D eigenvalue weighted by molar-refractivity contribution is 7.86. The van der Waals surface area contributed by atoms with E-state index in [-0.39, 0.29) is 31.5 Å². The number of hydrogen-bond donors (Lipinski definition) is 1. The maximum atomic E-state index is 13.0. The molecule has 1 N–H and O–H groups in total. The van der Waals surface area contributed by atoms with Crippen LogP contribution in [0.3, 0.4) is 0 Å². The van der Waals surface area contributed by atoms with Crippen molar-refractivity contribution in [3.63, 3.8) is 0 Å². The number of likely N-dealkylation sites (N-methyl/N-ethyl adjacent to an activating group) is 1. The van der Waals surface area contributed by atoms with Crippen LogP contribution in [0.25, 0.3) is 0 Å². The van der Waals surface area contributed by atoms with E-state index in [1.807, 2.05) is 19.0 Å². The van der Waals surface area contributed by atoms with E-state index in [0.29, 0.717) is 45.6 Å². The molecule has 11 heteroatoms. The van der Waals surface area contributed by atoms with Gasteiger partial charge >= 0.3 is 6.09 Å². The van der Waals surface area contributed by atoms with E-state index in [2.05, 4.69) is 5.32 Å². The second-order valence-corrected chi connectivity index (χ2v) is 9.31. The summed E-state index contributed by atoms with van der Waals surface area (Å²) < 4.78 is 33.8. The van der Waals surface area contributed by atoms with Crippen LogP contribution >= 0.6 is 0 Å². The number of rotatable bonds is 7. The quantitative estimate of drug-likeness (QED) is 0.591. The average Bonchev–Trinajstić information content (AvgIpc) is 2.68. The van der Waals surface area contributed by atoms with Crippen LogP contribution in [0.15, 0.2) is 0 Å². The highest BCUT2D eigenvalue weighted by Crippen LogP contribution is 2.22. The number of piperazine rings is 1. The van der Waals surface area contributed by atoms with Crippen molar-refractivity contribution in [1.82, 2.24) is 23.7 Å². The SMILES string of the molecule is CCOC(=O)N1CCN(S(=O)(=O)N2CCCC(C(=O)NCCN(C)C)C2)CC1. The Morgan fingerprint density at radius 2 is 1.79 bits per heavy atom. The molecule has 1 atom stereocenters. The Balaban J connectivity index is 1.89. The topological polar surface area (TPSA) is 102 Å². The van der Waals surface area contributed by atoms with E-state index in [1.54, 1.807) is 6.92 Å². The second kappa shape index (κ2) is 10.4. The molecule has 0 spiro atoms. The number of hydrogen-bond acceptors (Lipinski definition) is 6. The van der Waals surface area contributed by atoms with Crippen LogP contribution in [0.4, 0.5) is 4.79 Å². The normalized spacial score (nSPS) is 22.3. The molecule has 28 heavy (non-hydrogen) atoms. The number of nitrogens with one attached hydrogen (secondary N) is 1. The van der Waals surface area contributed by atoms with Gasteiger partial charge in [0.05, 0.1) is 12.5 Å². The molecule has 2 heterocycles. The number of piperidine rings is 1. The fourth-order valence-corrected chi connectivity index (χ4v) is 5.07. The lowest BCUT2D eigenvalue weighted by molar-refractivity contribution is -0.126. The van der Waals surface area contributed by atoms with Gasteiger partial charge < -0.3 is 19.9 Å². The molecule has 0 radical (unpaired) electrons. The summed E-state index contributed by atoms with van der Waals surface area (Å²) in [5.74, 6) is -0.416. The maximum Gasteiger partial charge on any atom is 0.409 e. The van der Waals surface area contributed by atoms with Crippen LogP contribution in [0.5, 0.6) is 0 Å². The minimum Gasteiger partial charge on any atom is -0.450 e. The van der Waals surface area contributed by atoms with Crippen LogP contribution in [0.1, 0.15) is 19.8 Å². The molecule has 2 rings (SSSR count). The van der Waals surface area contributed by atoms with Crippen LogP contribution in [-0.4, -0.2) is 112 Å². The smallest absolute Gasteiger partial charge is 0.409 e. The monoisotopic (exact) mass is 419 g/mol. The predicted molar refractivity (Wildman–Crippen MR) is 105 cm³/mol. The molecule has 2 fully saturated rings. The summed E-state index contributed by atoms with van der Waals surface area (Å²) in [6.45, 7) is 5.02. The lowest BCUT2D eigenvalue weighted by Gasteiger charge is -2.38. The molecule has 162 valence electrons. The van der Waals surface area contributed by atoms with Crippen molar-refractivity contribution in [2.75, 3.05) is 73.1 Å². The van der Waals surface area contributed by atoms with Gasteiger partial charge in [0.2, 0.25) is 5.91 Å². The summed E-state index contributed by atoms with van der Waals surface area (Å²) >= 11 is 0. The van der Waals surface area contributed by atoms with Crippen molar-refractivity contribution in [3.8, 4) is 0 Å². The molecule has 10 nitrogen and oxygen atoms in total. The summed E-state index contributed by atoms with van der Waals surface area (Å²) in [6, 6.07) is 0. The highest BCUT2D eigenvalue weighted by atomic mass is 32.2. The van der Waals surface area contributed by atoms with Crippen molar-refractivity contribution < 1.29 is 22.7 Å². The molecular weight excluding hydrogens is 386 g/mol. The highest BCUT2D eigenvalue weighted by Gasteiger charge is 2.37. The van der Waals surface area contributed by atoms with Gasteiger partial charge in [-0.05, 0) is 33.9 Å². The Hall–Kier alpha value is -1.43. The van der Waals surface area contributed by atoms with Crippen molar-refractivity contribution in [1.29, 1.82) is 0 Å². The molecule has 0 aromatic carbocycles. The van der Waals surface area contributed by atoms with E-state index in [1.165, 1.54) is 13.5 Å². The third-order valence-electron chi connectivity index (χ3n) is 5.03. The Labute approximate surface area is 167 Å². The standard InChI is InChI=1S/C17H33N5O5S/c1-4-27-17(24)20-10-12-21(13-11-20)28(25,26)22-8-5-6-15(14-22)16(23)18-7-9-19(2)3/h15H,4-14H2,1-3H3,(H,18,23). The van der Waals surface area contributed by atoms with Crippen LogP contribution in [0, 0.1) is 5.92 Å². The van der Waals surface area contributed by atoms with Crippen LogP contribution < -0.4 is 5.32 Å². The molecule has 2 aliphatic rings. The Morgan fingerprint density at radius 1 is 1.11 bits per heavy atom. The van der Waals surface area contributed by atoms with Gasteiger partial charge in [0.15, 0.2) is 0 Å². The first-order chi connectivity index (χ1) is 13.3. The summed E-state index contributed by atoms with van der Waals surface area (Å²) in [7, 11) is 0.219. The molecule has 2 saturated heterocycles. The van der Waals surface area contributed by atoms with Gasteiger partial charge in [0.25, 0.3) is 10.2 Å². The van der Waals surface area contributed by atoms with Crippen LogP contribution in [0.2, 0.25) is 0 Å². The third-order valence-corrected chi connectivity index (χ3v) is 7.03. The van der Waals surface area contributed by atoms with Gasteiger partial charge in [-0.15, -0.1) is 0 Å². The van der Waals surface area contributed by atoms with Gasteiger partial charge in [-0.2, -0.15) is 17.0 Å². The minimum absolute atomic E-state index is 0.0890. The Bertz CT molecular complexity index is 634. The zero-order valence-corrected chi connectivity index (χ0v) is 17.9. The number of carbonyl (C=O) groups is 2. The Kier molecular flexibility index (Phi) is 8.47. The maximum absolute atomic E-state index is 13.0. The summed E-state index contributed by atoms with van der Waals surface area (Å²) in [4.78, 5) is 27.7. The summed E-state index contributed by atoms with van der Waals surface area (Å²) in [6.07, 6.45) is 0.941. The number of amides is 2. The lowest BCUT2D eigenvalue weighted by atomic mass is 9.99. The fourth-order valence-electron chi connectivity index (χ4n) is 3.39. The number of ether oxygens (including phenoxy) is 1. The first kappa shape index (κ1) is 22.9. The molecule has 0 saturated carbocycles. The van der Waals surface area contributed by atoms with Crippen LogP contribution in [-0.2, 0) is 19.7 Å². The lowest BCUT2D eigenvalue weighted by Crippen LogP contribution is -2.56. The first-order valence-electron chi connectivity index (χ1n) is 9.85. The van der Waals surface area contributed by atoms with Gasteiger partial charge in [0.1, 0.15) is 0 Å². The van der Waals surface area contributed by atoms with Gasteiger partial charge in [-0.3, -0.25) is 4.79 Å². The largest absolute Gasteiger partial charge is 0.450 e. The van der Waals surface area contributed by atoms with Crippen molar-refractivity contribution in [3.05, 3.63) is 0 Å². The van der Waals surface area contributed by atoms with Gasteiger partial charge in [-0.25, -0.2) is 4.79 Å². The van der Waals surface area contributed by atoms with Crippen molar-refractivity contribution in [2.24, 2.45) is 5.92 Å². The van der Waals surface area contributed by atoms with Crippen molar-refractivity contribution >= 4 is 22.2 Å². The zero-order chi connectivity index (χ0) is 20.7. The number of nitrogens with zero attached hydrogens (tertiary/aromatic N) is 4. The molecule has 2 aliphatic heterocycles. The van der Waals surface area contributed by atoms with E-state index < -0.39 is 16.3 Å². The molecule has 0 bridgehead atoms. The fraction of sp³-hybridized carbons (Fsp3) is 0.882. The van der Waals surface area contributed by atoms with Gasteiger partial charge in [0, 0.05) is 52.4 Å². The average molecular weight is 420 g/mol. The predicted octanol–water partition coefficient (Wildman–Crippen LogP) is -0.605. The molecule has 1 unspecified atom stereocenters. The van der Waals surface area contributed by atoms with E-state index >= 15 is 0 Å². The van der Waals surface area contributed by atoms with Gasteiger partial charge in [-0.1, -0.05) is 0 Å². The van der Waals surface area contributed by atoms with E-state index in [9.17, 15) is 18.0 Å². The summed E-state index contributed by atoms with van der Waals surface area (Å²) in [5, 5.41) is 2.89. The van der Waals surface area contributed by atoms with E-state index in [0.717, 1.165) is 6.54 Å². The molecule has 0 aromatic rings. The second-order valence-electron chi connectivity index (χ2n) is 7.38.